The molecule has 6 bridgehead atoms. The van der Waals surface area contributed by atoms with E-state index in [2.05, 4.69) is 202 Å². The summed E-state index contributed by atoms with van der Waals surface area (Å²) < 4.78 is 29.7. The number of hydrogen-bond donors (Lipinski definition) is 5. The molecule has 12 unspecified atom stereocenters. The second-order valence-corrected chi connectivity index (χ2v) is 38.4. The van der Waals surface area contributed by atoms with Crippen LogP contribution in [0.4, 0.5) is 0 Å². The molecule has 12 atom stereocenters. The number of thioether (sulfide) groups is 1. The number of ether oxygens (including phenoxy) is 5. The van der Waals surface area contributed by atoms with Crippen molar-refractivity contribution in [2.75, 3.05) is 94.4 Å². The first-order valence-corrected chi connectivity index (χ1v) is 44.8. The van der Waals surface area contributed by atoms with Gasteiger partial charge in [-0.05, 0) is 201 Å². The summed E-state index contributed by atoms with van der Waals surface area (Å²) in [6.45, 7) is 77.6. The number of esters is 4. The molecule has 0 radical (unpaired) electrons. The molecule has 21 nitrogen and oxygen atoms in total. The number of methoxy groups -OCH3 is 3. The number of aliphatic carboxylic acids is 1. The standard InChI is InChI=1S/C14H20O2.C9H19N.C9H12O2.C9H20OSi.C7H12O2.C7H10O.C6H11NO.C5H11N.C5H8O2.C5H10O.C4H7NO.C4H6O2.C4H8O.C4H8S.C3H6O/c1-14(2,3)16-13(15)11-7-10-8-4-5-9(6-8)12(10)11;1-6-7-10(8(2)3)9(4)5;1-11-9(10)8-5-6-2-3-7(8)4-6;1-7-8-10-11(5,6)9(2,3)4;1-5-6(8)9-7(2,3)4;8-7-4-5-1-2-6(7)3-5;1-4-5-6(8)7(2)3;1-4-5-6(2)3;1-3-4-5(6)7-2;1-3-4-5(2)6;2*1-2-3-4(5)6;2*1-3-4-5-2;1-2-3-4/h4-5,8-12H,6-7H2,1-3H3;6,8-9H,1,7H2,2-5H3;2-3,6-8H,4-5H2,1H3;7H,1,8H2,2-6H3;5H,1H2,2-4H3;1-2,5-8H,3-4H2;4H,1,5H2,2-3H3;4H,1,5H2,2-3H3;3H,1,4H2,2H3;3,5-6H,1,4H2,2H3;2H,1,3H2,(H2,5,6);2H,1,3H2,(H,5,6);2*3H,1,4H2,2H3;2,4H,1,3H2. The van der Waals surface area contributed by atoms with Crippen molar-refractivity contribution in [3.63, 3.8) is 0 Å². The highest BCUT2D eigenvalue weighted by molar-refractivity contribution is 7.98. The van der Waals surface area contributed by atoms with Gasteiger partial charge in [-0.1, -0.05) is 131 Å². The molecule has 23 heteroatoms. The number of rotatable bonds is 27. The second kappa shape index (κ2) is 75.9. The average molecular weight is 1700 g/mol. The van der Waals surface area contributed by atoms with Gasteiger partial charge in [0.25, 0.3) is 0 Å². The number of hydrogen-bond acceptors (Lipinski definition) is 19. The van der Waals surface area contributed by atoms with Gasteiger partial charge in [0.1, 0.15) is 11.2 Å². The highest BCUT2D eigenvalue weighted by atomic mass is 32.2. The molecule has 7 rings (SSSR count). The Morgan fingerprint density at radius 2 is 1.03 bits per heavy atom. The Morgan fingerprint density at radius 1 is 0.551 bits per heavy atom. The smallest absolute Gasteiger partial charge is 0.330 e. The number of amides is 2. The van der Waals surface area contributed by atoms with E-state index in [1.807, 2.05) is 79.9 Å². The molecule has 6 N–H and O–H groups in total. The maximum Gasteiger partial charge on any atom is 0.330 e. The highest BCUT2D eigenvalue weighted by Crippen LogP contribution is 2.61. The number of carbonyl (C=O) groups excluding carboxylic acids is 6. The van der Waals surface area contributed by atoms with Crippen molar-refractivity contribution in [3.8, 4) is 0 Å². The Balaban J connectivity index is -0.000000186. The van der Waals surface area contributed by atoms with Crippen LogP contribution < -0.4 is 5.73 Å². The first-order chi connectivity index (χ1) is 54.8. The minimum Gasteiger partial charge on any atom is -0.481 e. The Bertz CT molecular complexity index is 2860. The van der Waals surface area contributed by atoms with Crippen LogP contribution in [0.2, 0.25) is 18.1 Å². The van der Waals surface area contributed by atoms with E-state index in [1.54, 1.807) is 63.0 Å². The highest BCUT2D eigenvalue weighted by Gasteiger charge is 2.58. The number of nitrogens with zero attached hydrogens (tertiary/aromatic N) is 3. The van der Waals surface area contributed by atoms with Crippen molar-refractivity contribution >= 4 is 61.7 Å². The van der Waals surface area contributed by atoms with Gasteiger partial charge in [-0.15, -0.1) is 72.4 Å². The zero-order chi connectivity index (χ0) is 93.6. The summed E-state index contributed by atoms with van der Waals surface area (Å²) in [6, 6.07) is 1.25. The third-order valence-corrected chi connectivity index (χ3v) is 22.8. The van der Waals surface area contributed by atoms with E-state index in [0.717, 1.165) is 61.9 Å². The maximum atomic E-state index is 12.0. The van der Waals surface area contributed by atoms with E-state index in [9.17, 15) is 33.6 Å². The lowest BCUT2D eigenvalue weighted by Crippen LogP contribution is -2.46. The maximum absolute atomic E-state index is 12.0. The molecule has 0 aromatic carbocycles. The van der Waals surface area contributed by atoms with Gasteiger partial charge in [0, 0.05) is 77.0 Å². The summed E-state index contributed by atoms with van der Waals surface area (Å²) in [5.74, 6) is 4.95. The van der Waals surface area contributed by atoms with E-state index < -0.39 is 19.9 Å². The van der Waals surface area contributed by atoms with Crippen LogP contribution in [0.1, 0.15) is 168 Å². The molecule has 4 saturated carbocycles. The van der Waals surface area contributed by atoms with Crippen LogP contribution in [0.3, 0.4) is 0 Å². The molecule has 680 valence electrons. The Kier molecular flexibility index (Phi) is 81.2. The van der Waals surface area contributed by atoms with Gasteiger partial charge in [0.2, 0.25) is 11.8 Å². The summed E-state index contributed by atoms with van der Waals surface area (Å²) in [7, 11) is 10.5. The molecule has 118 heavy (non-hydrogen) atoms. The van der Waals surface area contributed by atoms with Crippen molar-refractivity contribution in [1.29, 1.82) is 0 Å². The fraction of sp³-hybridized carbons (Fsp3) is 0.611. The minimum absolute atomic E-state index is 0.00926. The van der Waals surface area contributed by atoms with Crippen molar-refractivity contribution in [3.05, 3.63) is 188 Å². The number of aliphatic hydroxyl groups is 3. The third-order valence-electron chi connectivity index (χ3n) is 17.7. The molecule has 0 saturated heterocycles. The molecular formula is C95H168N4O17SSi. The molecule has 0 aromatic heterocycles. The second-order valence-electron chi connectivity index (χ2n) is 32.7. The Labute approximate surface area is 723 Å². The largest absolute Gasteiger partial charge is 0.481 e. The lowest BCUT2D eigenvalue weighted by atomic mass is 9.60. The van der Waals surface area contributed by atoms with Gasteiger partial charge in [-0.2, -0.15) is 11.8 Å². The third kappa shape index (κ3) is 72.7. The lowest BCUT2D eigenvalue weighted by Gasteiger charge is -2.44. The van der Waals surface area contributed by atoms with Crippen LogP contribution in [0.15, 0.2) is 188 Å². The summed E-state index contributed by atoms with van der Waals surface area (Å²) in [5.41, 5.74) is 3.96. The topological polar surface area (TPSA) is 292 Å². The van der Waals surface area contributed by atoms with Crippen LogP contribution in [0.25, 0.3) is 0 Å². The van der Waals surface area contributed by atoms with Crippen molar-refractivity contribution < 1.29 is 82.1 Å². The number of aliphatic hydroxyl groups excluding tert-OH is 3. The number of fused-ring (bicyclic) bond motifs is 9. The molecule has 0 heterocycles. The monoisotopic (exact) mass is 1700 g/mol. The SMILES string of the molecule is C=CC(=O)OC(C)(C)C.C=CCC(=O)N(C)C.C=CCC(=O)O.C=CCC(=O)OC.C=CCC(C)O.C=CCC(N)=O.C=CCN(C(C)C)C(C)C.C=CCN(C)C.C=CCO.C=CCOC.C=CCO[Si](C)(C)C(C)(C)C.C=CCSC.CC(C)(C)OC(=O)C1CC2C3C=CC(C3)C12.COC(=O)C1CC2C=CC1C2.OC1CC2C=CC1C2. The zero-order valence-corrected chi connectivity index (χ0v) is 79.7. The molecule has 7 aliphatic rings. The molecule has 0 spiro atoms. The first-order valence-electron chi connectivity index (χ1n) is 40.5. The molecule has 7 aliphatic carbocycles. The Hall–Kier alpha value is -7.32. The van der Waals surface area contributed by atoms with E-state index in [4.69, 9.17) is 44.8 Å². The quantitative estimate of drug-likeness (QED) is 0.0168. The number of allylic oxidation sites excluding steroid dienone is 5. The number of primary amides is 1. The van der Waals surface area contributed by atoms with Crippen molar-refractivity contribution in [2.45, 2.75) is 221 Å². The molecule has 0 aliphatic heterocycles. The summed E-state index contributed by atoms with van der Waals surface area (Å²) in [4.78, 5) is 79.6. The predicted molar refractivity (Wildman–Crippen MR) is 500 cm³/mol. The number of carboxylic acids is 1. The minimum atomic E-state index is -1.50. The van der Waals surface area contributed by atoms with E-state index in [0.29, 0.717) is 79.2 Å². The summed E-state index contributed by atoms with van der Waals surface area (Å²) in [5, 5.41) is 33.6. The lowest BCUT2D eigenvalue weighted by molar-refractivity contribution is -0.170. The molecule has 2 amide bonds. The predicted octanol–water partition coefficient (Wildman–Crippen LogP) is 18.4. The fourth-order valence-corrected chi connectivity index (χ4v) is 12.4. The van der Waals surface area contributed by atoms with Gasteiger partial charge < -0.3 is 64.1 Å². The van der Waals surface area contributed by atoms with Crippen molar-refractivity contribution in [2.24, 2.45) is 64.9 Å². The normalized spacial score (nSPS) is 19.9. The molecule has 4 fully saturated rings. The zero-order valence-electron chi connectivity index (χ0n) is 77.9. The fourth-order valence-electron chi connectivity index (χ4n) is 11.2. The average Bonchev–Trinajstić information content (AvgIpc) is 1.57. The molecular weight excluding hydrogens is 1530 g/mol. The Morgan fingerprint density at radius 3 is 1.22 bits per heavy atom. The number of carboxylic acid groups (broad SMARTS) is 1. The van der Waals surface area contributed by atoms with Crippen LogP contribution in [0, 0.1) is 59.2 Å². The van der Waals surface area contributed by atoms with E-state index >= 15 is 0 Å². The van der Waals surface area contributed by atoms with Crippen LogP contribution >= 0.6 is 11.8 Å². The van der Waals surface area contributed by atoms with Crippen LogP contribution in [-0.2, 0) is 61.7 Å². The van der Waals surface area contributed by atoms with Gasteiger partial charge >= 0.3 is 29.8 Å². The van der Waals surface area contributed by atoms with Gasteiger partial charge in [0.05, 0.1) is 70.9 Å². The van der Waals surface area contributed by atoms with Crippen molar-refractivity contribution in [1.82, 2.24) is 14.7 Å². The van der Waals surface area contributed by atoms with E-state index in [1.165, 1.54) is 57.8 Å². The van der Waals surface area contributed by atoms with Gasteiger partial charge in [-0.3, -0.25) is 33.7 Å². The van der Waals surface area contributed by atoms with Crippen LogP contribution in [0.5, 0.6) is 0 Å². The van der Waals surface area contributed by atoms with Gasteiger partial charge in [-0.25, -0.2) is 4.79 Å². The van der Waals surface area contributed by atoms with Gasteiger partial charge in [0.15, 0.2) is 8.32 Å². The van der Waals surface area contributed by atoms with Crippen LogP contribution in [-0.4, -0.2) is 215 Å². The van der Waals surface area contributed by atoms with E-state index in [-0.39, 0.29) is 84.8 Å². The number of likely N-dealkylation sites (N-methyl/N-ethyl adjacent to an activating group) is 1. The number of carbonyl (C=O) groups is 7. The first kappa shape index (κ1) is 126. The molecule has 0 aromatic rings. The summed E-state index contributed by atoms with van der Waals surface area (Å²) in [6.07, 6.45) is 43.3. The number of nitrogens with two attached hydrogens (primary N) is 1. The summed E-state index contributed by atoms with van der Waals surface area (Å²) >= 11 is 1.78.